The highest BCUT2D eigenvalue weighted by atomic mass is 35.5. The molecule has 0 aliphatic rings. The minimum Gasteiger partial charge on any atom is -0.398 e. The van der Waals surface area contributed by atoms with Crippen molar-refractivity contribution in [2.45, 2.75) is 9.79 Å². The van der Waals surface area contributed by atoms with Crippen molar-refractivity contribution in [3.63, 3.8) is 0 Å². The zero-order valence-electron chi connectivity index (χ0n) is 14.9. The van der Waals surface area contributed by atoms with Crippen LogP contribution in [-0.2, 0) is 20.1 Å². The summed E-state index contributed by atoms with van der Waals surface area (Å²) in [7, 11) is -8.72. The zero-order chi connectivity index (χ0) is 22.1. The van der Waals surface area contributed by atoms with Gasteiger partial charge in [-0.2, -0.15) is 8.42 Å². The smallest absolute Gasteiger partial charge is 0.297 e. The summed E-state index contributed by atoms with van der Waals surface area (Å²) in [5, 5.41) is 13.3. The highest BCUT2D eigenvalue weighted by molar-refractivity contribution is 7.89. The van der Waals surface area contributed by atoms with E-state index in [4.69, 9.17) is 28.9 Å². The van der Waals surface area contributed by atoms with E-state index in [1.165, 1.54) is 30.3 Å². The lowest BCUT2D eigenvalue weighted by atomic mass is 10.1. The molecule has 0 bridgehead atoms. The summed E-state index contributed by atoms with van der Waals surface area (Å²) in [6.45, 7) is 0.0127. The van der Waals surface area contributed by atoms with Gasteiger partial charge in [-0.25, -0.2) is 13.1 Å². The Morgan fingerprint density at radius 1 is 1.00 bits per heavy atom. The molecule has 0 unspecified atom stereocenters. The van der Waals surface area contributed by atoms with Crippen LogP contribution in [0.1, 0.15) is 0 Å². The highest BCUT2D eigenvalue weighted by Gasteiger charge is 2.23. The molecule has 15 heteroatoms. The first kappa shape index (κ1) is 22.4. The van der Waals surface area contributed by atoms with Crippen molar-refractivity contribution in [2.24, 2.45) is 0 Å². The Kier molecular flexibility index (Phi) is 6.31. The third-order valence-corrected chi connectivity index (χ3v) is 7.14. The number of nitrogens with one attached hydrogen (secondary N) is 2. The fraction of sp³-hybridized carbons (Fsp3) is 0.133. The SMILES string of the molecule is Nc1ccc2c(S(=O)(=O)NCCNc3nnnc(Cl)c3Cl)cccc2c1S(=O)(=O)O. The molecular formula is C15H14Cl2N6O5S2. The molecular weight excluding hydrogens is 479 g/mol. The molecule has 1 aromatic heterocycles. The van der Waals surface area contributed by atoms with Gasteiger partial charge in [0.15, 0.2) is 11.0 Å². The molecule has 30 heavy (non-hydrogen) atoms. The van der Waals surface area contributed by atoms with Crippen LogP contribution in [0.3, 0.4) is 0 Å². The molecule has 160 valence electrons. The van der Waals surface area contributed by atoms with Crippen LogP contribution in [0.5, 0.6) is 0 Å². The third-order valence-electron chi connectivity index (χ3n) is 3.93. The molecule has 2 aromatic carbocycles. The second-order valence-corrected chi connectivity index (χ2v) is 9.71. The van der Waals surface area contributed by atoms with Gasteiger partial charge in [0, 0.05) is 23.9 Å². The lowest BCUT2D eigenvalue weighted by molar-refractivity contribution is 0.484. The molecule has 0 saturated carbocycles. The van der Waals surface area contributed by atoms with E-state index in [1.54, 1.807) is 0 Å². The van der Waals surface area contributed by atoms with E-state index >= 15 is 0 Å². The molecule has 0 saturated heterocycles. The van der Waals surface area contributed by atoms with Crippen molar-refractivity contribution in [2.75, 3.05) is 24.1 Å². The molecule has 11 nitrogen and oxygen atoms in total. The molecule has 3 rings (SSSR count). The van der Waals surface area contributed by atoms with E-state index < -0.39 is 25.0 Å². The maximum absolute atomic E-state index is 12.8. The second-order valence-electron chi connectivity index (χ2n) is 5.88. The maximum atomic E-state index is 12.8. The number of aromatic nitrogens is 3. The van der Waals surface area contributed by atoms with E-state index in [-0.39, 0.29) is 50.4 Å². The Labute approximate surface area is 181 Å². The van der Waals surface area contributed by atoms with E-state index in [2.05, 4.69) is 25.4 Å². The first-order valence-corrected chi connectivity index (χ1v) is 11.8. The molecule has 0 aliphatic carbocycles. The van der Waals surface area contributed by atoms with Crippen molar-refractivity contribution >= 4 is 65.6 Å². The van der Waals surface area contributed by atoms with Gasteiger partial charge < -0.3 is 11.1 Å². The van der Waals surface area contributed by atoms with Crippen LogP contribution in [0, 0.1) is 0 Å². The molecule has 0 radical (unpaired) electrons. The summed E-state index contributed by atoms with van der Waals surface area (Å²) in [4.78, 5) is -0.740. The van der Waals surface area contributed by atoms with Gasteiger partial charge in [0.1, 0.15) is 9.92 Å². The molecule has 3 aromatic rings. The van der Waals surface area contributed by atoms with Gasteiger partial charge in [0.25, 0.3) is 10.1 Å². The number of sulfonamides is 1. The van der Waals surface area contributed by atoms with Crippen molar-refractivity contribution in [3.8, 4) is 0 Å². The predicted octanol–water partition coefficient (Wildman–Crippen LogP) is 1.55. The van der Waals surface area contributed by atoms with E-state index in [0.29, 0.717) is 0 Å². The molecule has 0 amide bonds. The van der Waals surface area contributed by atoms with Crippen molar-refractivity contribution < 1.29 is 21.4 Å². The summed E-state index contributed by atoms with van der Waals surface area (Å²) in [5.74, 6) is 0.134. The number of nitrogens with two attached hydrogens (primary N) is 1. The topological polar surface area (TPSA) is 177 Å². The van der Waals surface area contributed by atoms with E-state index in [0.717, 1.165) is 0 Å². The molecule has 0 atom stereocenters. The Balaban J connectivity index is 1.85. The normalized spacial score (nSPS) is 12.2. The summed E-state index contributed by atoms with van der Waals surface area (Å²) < 4.78 is 60.7. The van der Waals surface area contributed by atoms with Crippen LogP contribution in [0.15, 0.2) is 40.1 Å². The van der Waals surface area contributed by atoms with Crippen LogP contribution in [0.4, 0.5) is 11.5 Å². The fourth-order valence-electron chi connectivity index (χ4n) is 2.69. The van der Waals surface area contributed by atoms with Crippen LogP contribution in [0.2, 0.25) is 10.2 Å². The van der Waals surface area contributed by atoms with E-state index in [9.17, 15) is 21.4 Å². The fourth-order valence-corrected chi connectivity index (χ4v) is 5.03. The van der Waals surface area contributed by atoms with Gasteiger partial charge in [-0.1, -0.05) is 41.4 Å². The highest BCUT2D eigenvalue weighted by Crippen LogP contribution is 2.32. The number of halogens is 2. The average molecular weight is 493 g/mol. The zero-order valence-corrected chi connectivity index (χ0v) is 18.0. The van der Waals surface area contributed by atoms with Crippen LogP contribution >= 0.6 is 23.2 Å². The van der Waals surface area contributed by atoms with Gasteiger partial charge in [0.2, 0.25) is 10.0 Å². The lowest BCUT2D eigenvalue weighted by Crippen LogP contribution is -2.29. The first-order chi connectivity index (χ1) is 14.0. The molecule has 0 fully saturated rings. The number of fused-ring (bicyclic) bond motifs is 1. The number of anilines is 2. The monoisotopic (exact) mass is 492 g/mol. The summed E-state index contributed by atoms with van der Waals surface area (Å²) in [6, 6.07) is 6.56. The Morgan fingerprint density at radius 3 is 2.43 bits per heavy atom. The summed E-state index contributed by atoms with van der Waals surface area (Å²) in [6.07, 6.45) is 0. The quantitative estimate of drug-likeness (QED) is 0.214. The number of hydrogen-bond acceptors (Lipinski definition) is 9. The summed E-state index contributed by atoms with van der Waals surface area (Å²) >= 11 is 11.6. The van der Waals surface area contributed by atoms with Crippen molar-refractivity contribution in [3.05, 3.63) is 40.5 Å². The molecule has 1 heterocycles. The van der Waals surface area contributed by atoms with Crippen LogP contribution in [-0.4, -0.2) is 49.9 Å². The number of nitrogen functional groups attached to an aromatic ring is 1. The number of rotatable bonds is 7. The molecule has 5 N–H and O–H groups in total. The Bertz CT molecular complexity index is 1330. The second kappa shape index (κ2) is 8.45. The lowest BCUT2D eigenvalue weighted by Gasteiger charge is -2.13. The van der Waals surface area contributed by atoms with Crippen LogP contribution in [0.25, 0.3) is 10.8 Å². The number of nitrogens with zero attached hydrogens (tertiary/aromatic N) is 3. The van der Waals surface area contributed by atoms with Gasteiger partial charge in [-0.05, 0) is 17.3 Å². The standard InChI is InChI=1S/C15H14Cl2N6O5S2/c16-12-14(17)21-23-22-15(12)19-6-7-20-29(24,25)11-3-1-2-9-8(11)4-5-10(18)13(9)30(26,27)28/h1-5,20H,6-7,18H2,(H,19,21,22)(H,26,27,28). The predicted molar refractivity (Wildman–Crippen MR) is 112 cm³/mol. The van der Waals surface area contributed by atoms with Gasteiger partial charge >= 0.3 is 0 Å². The summed E-state index contributed by atoms with van der Waals surface area (Å²) in [5.41, 5.74) is 5.46. The Morgan fingerprint density at radius 2 is 1.73 bits per heavy atom. The van der Waals surface area contributed by atoms with Crippen molar-refractivity contribution in [1.82, 2.24) is 20.1 Å². The number of hydrogen-bond donors (Lipinski definition) is 4. The van der Waals surface area contributed by atoms with Gasteiger partial charge in [-0.15, -0.1) is 10.2 Å². The maximum Gasteiger partial charge on any atom is 0.297 e. The third kappa shape index (κ3) is 4.55. The van der Waals surface area contributed by atoms with Gasteiger partial charge in [-0.3, -0.25) is 4.55 Å². The van der Waals surface area contributed by atoms with E-state index in [1.807, 2.05) is 0 Å². The minimum absolute atomic E-state index is 0.0213. The van der Waals surface area contributed by atoms with Gasteiger partial charge in [0.05, 0.1) is 10.6 Å². The molecule has 0 aliphatic heterocycles. The largest absolute Gasteiger partial charge is 0.398 e. The first-order valence-electron chi connectivity index (χ1n) is 8.09. The minimum atomic E-state index is -4.67. The molecule has 0 spiro atoms. The Hall–Kier alpha value is -2.29. The van der Waals surface area contributed by atoms with Crippen LogP contribution < -0.4 is 15.8 Å². The number of benzene rings is 2. The van der Waals surface area contributed by atoms with Crippen molar-refractivity contribution in [1.29, 1.82) is 0 Å². The average Bonchev–Trinajstić information content (AvgIpc) is 2.66.